The first-order valence-corrected chi connectivity index (χ1v) is 7.47. The number of aliphatic carboxylic acids is 1. The van der Waals surface area contributed by atoms with Gasteiger partial charge in [-0.1, -0.05) is 12.8 Å². The van der Waals surface area contributed by atoms with E-state index in [2.05, 4.69) is 9.97 Å². The summed E-state index contributed by atoms with van der Waals surface area (Å²) in [5.74, 6) is 0.0942. The Balaban J connectivity index is 1.87. The van der Waals surface area contributed by atoms with Crippen LogP contribution < -0.4 is 4.90 Å². The van der Waals surface area contributed by atoms with Crippen molar-refractivity contribution in [3.05, 3.63) is 18.0 Å². The lowest BCUT2D eigenvalue weighted by molar-refractivity contribution is -0.158. The van der Waals surface area contributed by atoms with Gasteiger partial charge < -0.3 is 15.1 Å². The first kappa shape index (κ1) is 14.3. The van der Waals surface area contributed by atoms with Gasteiger partial charge in [-0.3, -0.25) is 4.79 Å². The van der Waals surface area contributed by atoms with E-state index in [4.69, 9.17) is 0 Å². The number of hydrogen-bond acceptors (Lipinski definition) is 5. The van der Waals surface area contributed by atoms with Crippen molar-refractivity contribution in [1.29, 1.82) is 0 Å². The Morgan fingerprint density at radius 1 is 1.48 bits per heavy atom. The van der Waals surface area contributed by atoms with Crippen molar-refractivity contribution in [3.8, 4) is 0 Å². The molecule has 0 aromatic carbocycles. The average molecular weight is 291 g/mol. The Labute approximate surface area is 123 Å². The van der Waals surface area contributed by atoms with E-state index < -0.39 is 17.5 Å². The standard InChI is InChI=1S/C15H21N3O3/c1-10-4-6-16-14(17-10)18-7-5-12(19)15(9-18,13(20)21)8-11-2-3-11/h4,6,11-12,19H,2-3,5,7-9H2,1H3,(H,20,21)/t12-,15-/m0/s1. The molecule has 1 aromatic rings. The van der Waals surface area contributed by atoms with E-state index in [1.165, 1.54) is 0 Å². The predicted molar refractivity (Wildman–Crippen MR) is 77.0 cm³/mol. The summed E-state index contributed by atoms with van der Waals surface area (Å²) in [5.41, 5.74) is -0.235. The monoisotopic (exact) mass is 291 g/mol. The maximum absolute atomic E-state index is 11.9. The summed E-state index contributed by atoms with van der Waals surface area (Å²) in [5, 5.41) is 20.1. The number of carbonyl (C=O) groups is 1. The fourth-order valence-electron chi connectivity index (χ4n) is 3.17. The number of rotatable bonds is 4. The first-order valence-electron chi connectivity index (χ1n) is 7.47. The fourth-order valence-corrected chi connectivity index (χ4v) is 3.17. The molecule has 0 unspecified atom stereocenters. The van der Waals surface area contributed by atoms with Crippen LogP contribution in [0.4, 0.5) is 5.95 Å². The van der Waals surface area contributed by atoms with Gasteiger partial charge in [-0.2, -0.15) is 0 Å². The zero-order valence-corrected chi connectivity index (χ0v) is 12.2. The van der Waals surface area contributed by atoms with Crippen LogP contribution >= 0.6 is 0 Å². The van der Waals surface area contributed by atoms with E-state index in [1.54, 1.807) is 6.20 Å². The van der Waals surface area contributed by atoms with Crippen LogP contribution in [0.1, 0.15) is 31.4 Å². The highest BCUT2D eigenvalue weighted by Crippen LogP contribution is 2.45. The second-order valence-electron chi connectivity index (χ2n) is 6.33. The summed E-state index contributed by atoms with van der Waals surface area (Å²) < 4.78 is 0. The summed E-state index contributed by atoms with van der Waals surface area (Å²) in [4.78, 5) is 22.4. The molecule has 0 radical (unpaired) electrons. The molecule has 3 rings (SSSR count). The summed E-state index contributed by atoms with van der Waals surface area (Å²) in [6, 6.07) is 1.82. The molecule has 1 aliphatic carbocycles. The molecule has 2 heterocycles. The number of aryl methyl sites for hydroxylation is 1. The third-order valence-corrected chi connectivity index (χ3v) is 4.62. The lowest BCUT2D eigenvalue weighted by Gasteiger charge is -2.43. The van der Waals surface area contributed by atoms with Crippen molar-refractivity contribution in [3.63, 3.8) is 0 Å². The van der Waals surface area contributed by atoms with Crippen molar-refractivity contribution < 1.29 is 15.0 Å². The second kappa shape index (κ2) is 5.26. The largest absolute Gasteiger partial charge is 0.481 e. The molecule has 6 nitrogen and oxygen atoms in total. The molecule has 1 aliphatic heterocycles. The average Bonchev–Trinajstić information content (AvgIpc) is 3.25. The minimum absolute atomic E-state index is 0.281. The number of piperidine rings is 1. The molecule has 2 fully saturated rings. The van der Waals surface area contributed by atoms with Crippen LogP contribution in [0, 0.1) is 18.3 Å². The first-order chi connectivity index (χ1) is 10.0. The molecule has 21 heavy (non-hydrogen) atoms. The van der Waals surface area contributed by atoms with Gasteiger partial charge in [0, 0.05) is 25.0 Å². The maximum Gasteiger partial charge on any atom is 0.314 e. The number of carboxylic acid groups (broad SMARTS) is 1. The van der Waals surface area contributed by atoms with Gasteiger partial charge in [-0.05, 0) is 31.7 Å². The van der Waals surface area contributed by atoms with Gasteiger partial charge in [-0.25, -0.2) is 9.97 Å². The van der Waals surface area contributed by atoms with Crippen molar-refractivity contribution in [1.82, 2.24) is 9.97 Å². The number of nitrogens with zero attached hydrogens (tertiary/aromatic N) is 3. The van der Waals surface area contributed by atoms with Gasteiger partial charge in [0.1, 0.15) is 5.41 Å². The van der Waals surface area contributed by atoms with Crippen LogP contribution in [-0.2, 0) is 4.79 Å². The topological polar surface area (TPSA) is 86.5 Å². The van der Waals surface area contributed by atoms with E-state index in [0.29, 0.717) is 31.3 Å². The van der Waals surface area contributed by atoms with Crippen molar-refractivity contribution in [2.24, 2.45) is 11.3 Å². The number of aromatic nitrogens is 2. The fraction of sp³-hybridized carbons (Fsp3) is 0.667. The highest BCUT2D eigenvalue weighted by molar-refractivity contribution is 5.77. The summed E-state index contributed by atoms with van der Waals surface area (Å²) in [6.07, 6.45) is 4.02. The molecule has 1 saturated carbocycles. The normalized spacial score (nSPS) is 29.4. The third-order valence-electron chi connectivity index (χ3n) is 4.62. The van der Waals surface area contributed by atoms with Crippen LogP contribution in [0.5, 0.6) is 0 Å². The predicted octanol–water partition coefficient (Wildman–Crippen LogP) is 1.23. The number of aliphatic hydroxyl groups is 1. The van der Waals surface area contributed by atoms with Crippen LogP contribution in [0.15, 0.2) is 12.3 Å². The summed E-state index contributed by atoms with van der Waals surface area (Å²) in [7, 11) is 0. The van der Waals surface area contributed by atoms with E-state index >= 15 is 0 Å². The van der Waals surface area contributed by atoms with Crippen LogP contribution in [0.3, 0.4) is 0 Å². The Hall–Kier alpha value is -1.69. The molecular weight excluding hydrogens is 270 g/mol. The molecule has 0 bridgehead atoms. The summed E-state index contributed by atoms with van der Waals surface area (Å²) in [6.45, 7) is 2.76. The molecule has 1 aromatic heterocycles. The third kappa shape index (κ3) is 2.72. The Bertz CT molecular complexity index is 547. The van der Waals surface area contributed by atoms with Gasteiger partial charge in [-0.15, -0.1) is 0 Å². The van der Waals surface area contributed by atoms with Gasteiger partial charge in [0.2, 0.25) is 5.95 Å². The number of carboxylic acids is 1. The zero-order valence-electron chi connectivity index (χ0n) is 12.2. The SMILES string of the molecule is Cc1ccnc(N2CC[C@H](O)[C@@](CC3CC3)(C(=O)O)C2)n1. The highest BCUT2D eigenvalue weighted by atomic mass is 16.4. The molecule has 2 atom stereocenters. The maximum atomic E-state index is 11.9. The minimum Gasteiger partial charge on any atom is -0.481 e. The molecular formula is C15H21N3O3. The number of aliphatic hydroxyl groups excluding tert-OH is 1. The summed E-state index contributed by atoms with van der Waals surface area (Å²) >= 11 is 0. The van der Waals surface area contributed by atoms with E-state index in [-0.39, 0.29) is 6.54 Å². The lowest BCUT2D eigenvalue weighted by atomic mass is 9.73. The van der Waals surface area contributed by atoms with Crippen LogP contribution in [-0.4, -0.2) is 45.3 Å². The number of anilines is 1. The van der Waals surface area contributed by atoms with E-state index in [0.717, 1.165) is 18.5 Å². The van der Waals surface area contributed by atoms with E-state index in [1.807, 2.05) is 17.9 Å². The molecule has 0 spiro atoms. The smallest absolute Gasteiger partial charge is 0.314 e. The van der Waals surface area contributed by atoms with Crippen LogP contribution in [0.2, 0.25) is 0 Å². The molecule has 1 saturated heterocycles. The molecule has 114 valence electrons. The second-order valence-corrected chi connectivity index (χ2v) is 6.33. The van der Waals surface area contributed by atoms with E-state index in [9.17, 15) is 15.0 Å². The van der Waals surface area contributed by atoms with Gasteiger partial charge >= 0.3 is 5.97 Å². The lowest BCUT2D eigenvalue weighted by Crippen LogP contribution is -2.56. The van der Waals surface area contributed by atoms with Gasteiger partial charge in [0.05, 0.1) is 6.10 Å². The van der Waals surface area contributed by atoms with Crippen molar-refractivity contribution in [2.45, 2.75) is 38.7 Å². The van der Waals surface area contributed by atoms with Crippen LogP contribution in [0.25, 0.3) is 0 Å². The highest BCUT2D eigenvalue weighted by Gasteiger charge is 2.52. The quantitative estimate of drug-likeness (QED) is 0.867. The van der Waals surface area contributed by atoms with Gasteiger partial charge in [0.25, 0.3) is 0 Å². The van der Waals surface area contributed by atoms with Crippen molar-refractivity contribution in [2.75, 3.05) is 18.0 Å². The Kier molecular flexibility index (Phi) is 3.57. The number of hydrogen-bond donors (Lipinski definition) is 2. The molecule has 2 N–H and O–H groups in total. The Morgan fingerprint density at radius 2 is 2.24 bits per heavy atom. The zero-order chi connectivity index (χ0) is 15.0. The Morgan fingerprint density at radius 3 is 2.86 bits per heavy atom. The van der Waals surface area contributed by atoms with Crippen molar-refractivity contribution >= 4 is 11.9 Å². The van der Waals surface area contributed by atoms with Gasteiger partial charge in [0.15, 0.2) is 0 Å². The molecule has 0 amide bonds. The minimum atomic E-state index is -1.09. The molecule has 2 aliphatic rings. The molecule has 6 heteroatoms.